The number of ether oxygens (including phenoxy) is 1. The van der Waals surface area contributed by atoms with Crippen LogP contribution in [0.1, 0.15) is 55.0 Å². The van der Waals surface area contributed by atoms with Crippen molar-refractivity contribution in [3.05, 3.63) is 53.6 Å². The van der Waals surface area contributed by atoms with Gasteiger partial charge in [-0.15, -0.1) is 0 Å². The Morgan fingerprint density at radius 2 is 1.92 bits per heavy atom. The Kier molecular flexibility index (Phi) is 6.35. The number of halogens is 1. The zero-order chi connectivity index (χ0) is 27.5. The maximum absolute atomic E-state index is 14.6. The van der Waals surface area contributed by atoms with Gasteiger partial charge in [-0.2, -0.15) is 10.6 Å². The molecule has 6 rings (SSSR count). The van der Waals surface area contributed by atoms with Crippen molar-refractivity contribution in [2.24, 2.45) is 0 Å². The van der Waals surface area contributed by atoms with Crippen molar-refractivity contribution >= 4 is 33.2 Å². The summed E-state index contributed by atoms with van der Waals surface area (Å²) >= 11 is 0. The van der Waals surface area contributed by atoms with Gasteiger partial charge in [-0.05, 0) is 50.8 Å². The van der Waals surface area contributed by atoms with Crippen LogP contribution in [-0.4, -0.2) is 53.3 Å². The van der Waals surface area contributed by atoms with Crippen LogP contribution >= 0.6 is 10.6 Å². The smallest absolute Gasteiger partial charge is 0.250 e. The lowest BCUT2D eigenvalue weighted by Crippen LogP contribution is -2.31. The Morgan fingerprint density at radius 1 is 1.15 bits per heavy atom. The Hall–Kier alpha value is -3.48. The first-order chi connectivity index (χ1) is 18.7. The van der Waals surface area contributed by atoms with E-state index in [1.807, 2.05) is 32.0 Å². The number of benzene rings is 1. The molecule has 2 aliphatic rings. The number of rotatable bonds is 5. The highest BCUT2D eigenvalue weighted by molar-refractivity contribution is 8.24. The molecule has 0 saturated carbocycles. The SMILES string of the molecule is COc1ncc(N2C(=O)CCC2c2nc3cc(-c4c(C)noc4C)ccc3n2C2CCS(O)(O)CC2)cc1F. The first kappa shape index (κ1) is 25.8. The van der Waals surface area contributed by atoms with Gasteiger partial charge in [-0.1, -0.05) is 11.2 Å². The standard InChI is InChI=1S/C27H30FN5O5S/c1-15-25(16(2)38-31-15)17-4-5-22-21(12-17)30-26(33(22)18-8-10-39(35,36)11-9-18)23-6-7-24(34)32(23)19-13-20(28)27(37-3)29-14-19/h4-5,12-14,18,23,35-36H,6-11H2,1-3H3. The van der Waals surface area contributed by atoms with Gasteiger partial charge in [0.25, 0.3) is 0 Å². The van der Waals surface area contributed by atoms with Crippen LogP contribution in [0.4, 0.5) is 10.1 Å². The average molecular weight is 556 g/mol. The number of aryl methyl sites for hydroxylation is 2. The van der Waals surface area contributed by atoms with Gasteiger partial charge in [0.15, 0.2) is 5.82 Å². The molecule has 2 saturated heterocycles. The van der Waals surface area contributed by atoms with E-state index in [1.54, 1.807) is 4.90 Å². The Labute approximate surface area is 226 Å². The Bertz CT molecular complexity index is 1550. The van der Waals surface area contributed by atoms with Gasteiger partial charge in [-0.25, -0.2) is 14.4 Å². The molecule has 1 amide bonds. The van der Waals surface area contributed by atoms with Crippen LogP contribution in [-0.2, 0) is 4.79 Å². The van der Waals surface area contributed by atoms with Crippen LogP contribution in [0.5, 0.6) is 5.88 Å². The number of hydrogen-bond donors (Lipinski definition) is 2. The van der Waals surface area contributed by atoms with E-state index in [0.717, 1.165) is 27.9 Å². The Balaban J connectivity index is 1.49. The van der Waals surface area contributed by atoms with Crippen LogP contribution < -0.4 is 9.64 Å². The number of amides is 1. The van der Waals surface area contributed by atoms with Crippen LogP contribution in [0, 0.1) is 19.7 Å². The van der Waals surface area contributed by atoms with Crippen molar-refractivity contribution < 1.29 is 27.6 Å². The van der Waals surface area contributed by atoms with Crippen LogP contribution in [0.3, 0.4) is 0 Å². The van der Waals surface area contributed by atoms with E-state index >= 15 is 0 Å². The minimum atomic E-state index is -2.59. The third-order valence-electron chi connectivity index (χ3n) is 7.73. The van der Waals surface area contributed by atoms with Gasteiger partial charge in [0.1, 0.15) is 11.6 Å². The van der Waals surface area contributed by atoms with E-state index in [0.29, 0.717) is 48.0 Å². The van der Waals surface area contributed by atoms with Gasteiger partial charge in [0, 0.05) is 35.6 Å². The number of carbonyl (C=O) groups is 1. The number of methoxy groups -OCH3 is 1. The largest absolute Gasteiger partial charge is 0.479 e. The summed E-state index contributed by atoms with van der Waals surface area (Å²) in [6.45, 7) is 3.76. The molecule has 2 N–H and O–H groups in total. The summed E-state index contributed by atoms with van der Waals surface area (Å²) in [6, 6.07) is 6.81. The molecule has 12 heteroatoms. The molecule has 1 atom stereocenters. The summed E-state index contributed by atoms with van der Waals surface area (Å²) in [5.41, 5.74) is 4.60. The van der Waals surface area contributed by atoms with Gasteiger partial charge in [0.2, 0.25) is 11.8 Å². The van der Waals surface area contributed by atoms with Crippen molar-refractivity contribution in [3.8, 4) is 17.0 Å². The van der Waals surface area contributed by atoms with Crippen molar-refractivity contribution in [2.75, 3.05) is 23.5 Å². The first-order valence-corrected chi connectivity index (χ1v) is 14.8. The summed E-state index contributed by atoms with van der Waals surface area (Å²) < 4.78 is 47.6. The predicted octanol–water partition coefficient (Wildman–Crippen LogP) is 5.80. The zero-order valence-electron chi connectivity index (χ0n) is 21.9. The minimum Gasteiger partial charge on any atom is -0.479 e. The van der Waals surface area contributed by atoms with Crippen LogP contribution in [0.2, 0.25) is 0 Å². The topological polar surface area (TPSA) is 127 Å². The molecule has 3 aromatic heterocycles. The predicted molar refractivity (Wildman–Crippen MR) is 146 cm³/mol. The van der Waals surface area contributed by atoms with E-state index in [4.69, 9.17) is 14.2 Å². The number of pyridine rings is 1. The summed E-state index contributed by atoms with van der Waals surface area (Å²) in [5.74, 6) is 1.10. The molecule has 0 bridgehead atoms. The number of hydrogen-bond acceptors (Lipinski definition) is 8. The van der Waals surface area contributed by atoms with Crippen LogP contribution in [0.15, 0.2) is 35.0 Å². The minimum absolute atomic E-state index is 0.0295. The molecule has 2 fully saturated rings. The molecule has 5 heterocycles. The highest BCUT2D eigenvalue weighted by Gasteiger charge is 2.39. The van der Waals surface area contributed by atoms with E-state index in [-0.39, 0.29) is 24.2 Å². The summed E-state index contributed by atoms with van der Waals surface area (Å²) in [4.78, 5) is 23.8. The van der Waals surface area contributed by atoms with Crippen molar-refractivity contribution in [3.63, 3.8) is 0 Å². The zero-order valence-corrected chi connectivity index (χ0v) is 22.7. The monoisotopic (exact) mass is 555 g/mol. The molecule has 0 radical (unpaired) electrons. The molecule has 4 aromatic rings. The lowest BCUT2D eigenvalue weighted by atomic mass is 10.0. The van der Waals surface area contributed by atoms with Gasteiger partial charge in [0.05, 0.1) is 41.8 Å². The molecule has 39 heavy (non-hydrogen) atoms. The lowest BCUT2D eigenvalue weighted by molar-refractivity contribution is -0.117. The number of nitrogens with zero attached hydrogens (tertiary/aromatic N) is 5. The number of anilines is 1. The molecule has 206 valence electrons. The molecule has 2 aliphatic heterocycles. The molecular formula is C27H30FN5O5S. The molecule has 0 aliphatic carbocycles. The molecular weight excluding hydrogens is 525 g/mol. The van der Waals surface area contributed by atoms with Gasteiger partial charge >= 0.3 is 0 Å². The maximum atomic E-state index is 14.6. The van der Waals surface area contributed by atoms with Crippen molar-refractivity contribution in [1.82, 2.24) is 19.7 Å². The fourth-order valence-electron chi connectivity index (χ4n) is 5.89. The number of imidazole rings is 1. The maximum Gasteiger partial charge on any atom is 0.250 e. The van der Waals surface area contributed by atoms with E-state index in [2.05, 4.69) is 14.7 Å². The molecule has 10 nitrogen and oxygen atoms in total. The number of aromatic nitrogens is 4. The molecule has 0 spiro atoms. The fraction of sp³-hybridized carbons (Fsp3) is 0.407. The van der Waals surface area contributed by atoms with Gasteiger partial charge < -0.3 is 18.7 Å². The highest BCUT2D eigenvalue weighted by Crippen LogP contribution is 2.49. The second kappa shape index (κ2) is 9.61. The quantitative estimate of drug-likeness (QED) is 0.316. The lowest BCUT2D eigenvalue weighted by Gasteiger charge is -2.40. The van der Waals surface area contributed by atoms with Crippen molar-refractivity contribution in [1.29, 1.82) is 0 Å². The number of fused-ring (bicyclic) bond motifs is 1. The Morgan fingerprint density at radius 3 is 2.59 bits per heavy atom. The summed E-state index contributed by atoms with van der Waals surface area (Å²) in [7, 11) is -1.25. The second-order valence-corrected chi connectivity index (χ2v) is 12.6. The molecule has 1 aromatic carbocycles. The normalized spacial score (nSPS) is 20.6. The van der Waals surface area contributed by atoms with E-state index in [1.165, 1.54) is 19.4 Å². The average Bonchev–Trinajstić information content (AvgIpc) is 3.57. The second-order valence-electron chi connectivity index (χ2n) is 10.2. The molecule has 1 unspecified atom stereocenters. The van der Waals surface area contributed by atoms with E-state index < -0.39 is 22.4 Å². The summed E-state index contributed by atoms with van der Waals surface area (Å²) in [6.07, 6.45) is 3.39. The third kappa shape index (κ3) is 4.46. The fourth-order valence-corrected chi connectivity index (χ4v) is 7.39. The first-order valence-electron chi connectivity index (χ1n) is 12.9. The van der Waals surface area contributed by atoms with Crippen LogP contribution in [0.25, 0.3) is 22.2 Å². The summed E-state index contributed by atoms with van der Waals surface area (Å²) in [5, 5.41) is 4.08. The van der Waals surface area contributed by atoms with Crippen molar-refractivity contribution in [2.45, 2.75) is 51.6 Å². The number of carbonyl (C=O) groups excluding carboxylic acids is 1. The third-order valence-corrected chi connectivity index (χ3v) is 9.51. The van der Waals surface area contributed by atoms with Gasteiger partial charge in [-0.3, -0.25) is 13.9 Å². The van der Waals surface area contributed by atoms with E-state index in [9.17, 15) is 18.3 Å². The highest BCUT2D eigenvalue weighted by atomic mass is 32.3.